The van der Waals surface area contributed by atoms with Gasteiger partial charge in [0.2, 0.25) is 0 Å². The van der Waals surface area contributed by atoms with E-state index in [0.717, 1.165) is 17.7 Å². The van der Waals surface area contributed by atoms with E-state index >= 15 is 0 Å². The van der Waals surface area contributed by atoms with Crippen molar-refractivity contribution in [2.45, 2.75) is 20.3 Å². The number of hydrogen-bond donors (Lipinski definition) is 2. The molecule has 0 saturated heterocycles. The molecule has 5 heteroatoms. The van der Waals surface area contributed by atoms with Crippen LogP contribution in [0.15, 0.2) is 48.7 Å². The molecule has 2 aromatic carbocycles. The number of benzene rings is 2. The Morgan fingerprint density at radius 3 is 2.75 bits per heavy atom. The number of phenolic OH excluding ortho intramolecular Hbond substituents is 1. The van der Waals surface area contributed by atoms with E-state index in [1.807, 2.05) is 44.2 Å². The summed E-state index contributed by atoms with van der Waals surface area (Å²) in [6, 6.07) is 13.0. The van der Waals surface area contributed by atoms with Gasteiger partial charge in [-0.1, -0.05) is 19.1 Å². The maximum atomic E-state index is 10.3. The molecule has 0 atom stereocenters. The number of aromatic nitrogens is 2. The summed E-state index contributed by atoms with van der Waals surface area (Å²) in [4.78, 5) is 0. The zero-order valence-corrected chi connectivity index (χ0v) is 13.7. The predicted molar refractivity (Wildman–Crippen MR) is 92.7 cm³/mol. The summed E-state index contributed by atoms with van der Waals surface area (Å²) < 4.78 is 11.4. The van der Waals surface area contributed by atoms with Crippen molar-refractivity contribution >= 4 is 0 Å². The molecule has 0 radical (unpaired) electrons. The summed E-state index contributed by atoms with van der Waals surface area (Å²) in [6.45, 7) is 4.66. The molecule has 3 rings (SSSR count). The second kappa shape index (κ2) is 7.08. The van der Waals surface area contributed by atoms with Crippen molar-refractivity contribution in [3.63, 3.8) is 0 Å². The molecule has 24 heavy (non-hydrogen) atoms. The molecule has 1 heterocycles. The van der Waals surface area contributed by atoms with E-state index in [-0.39, 0.29) is 5.75 Å². The van der Waals surface area contributed by atoms with Crippen LogP contribution in [0.5, 0.6) is 23.0 Å². The van der Waals surface area contributed by atoms with Crippen LogP contribution in [0.1, 0.15) is 18.9 Å². The van der Waals surface area contributed by atoms with E-state index in [2.05, 4.69) is 10.2 Å². The lowest BCUT2D eigenvalue weighted by molar-refractivity contribution is 0.315. The van der Waals surface area contributed by atoms with Crippen molar-refractivity contribution in [3.8, 4) is 34.3 Å². The van der Waals surface area contributed by atoms with Crippen molar-refractivity contribution in [1.29, 1.82) is 0 Å². The number of phenols is 1. The summed E-state index contributed by atoms with van der Waals surface area (Å²) in [5.41, 5.74) is 2.34. The first-order chi connectivity index (χ1) is 11.7. The molecule has 0 aliphatic carbocycles. The molecule has 0 saturated carbocycles. The van der Waals surface area contributed by atoms with Gasteiger partial charge in [0.05, 0.1) is 12.8 Å². The highest BCUT2D eigenvalue weighted by atomic mass is 16.5. The predicted octanol–water partition coefficient (Wildman–Crippen LogP) is 4.67. The Labute approximate surface area is 140 Å². The molecule has 0 fully saturated rings. The van der Waals surface area contributed by atoms with Gasteiger partial charge < -0.3 is 14.6 Å². The Morgan fingerprint density at radius 1 is 1.12 bits per heavy atom. The van der Waals surface area contributed by atoms with Crippen molar-refractivity contribution < 1.29 is 14.6 Å². The van der Waals surface area contributed by atoms with Crippen LogP contribution in [-0.4, -0.2) is 21.9 Å². The summed E-state index contributed by atoms with van der Waals surface area (Å²) in [6.07, 6.45) is 2.51. The number of rotatable bonds is 6. The number of aromatic hydroxyl groups is 1. The van der Waals surface area contributed by atoms with Crippen LogP contribution >= 0.6 is 0 Å². The molecule has 0 aliphatic rings. The van der Waals surface area contributed by atoms with E-state index in [4.69, 9.17) is 9.47 Å². The molecule has 0 amide bonds. The van der Waals surface area contributed by atoms with Gasteiger partial charge in [-0.25, -0.2) is 0 Å². The number of nitrogens with one attached hydrogen (secondary N) is 1. The molecule has 0 spiro atoms. The van der Waals surface area contributed by atoms with Crippen LogP contribution in [0, 0.1) is 6.92 Å². The van der Waals surface area contributed by atoms with E-state index in [9.17, 15) is 5.11 Å². The van der Waals surface area contributed by atoms with Crippen LogP contribution < -0.4 is 9.47 Å². The SMILES string of the molecule is CCCOc1ccc(-c2[nH]ncc2Oc2cccc(C)c2)c(O)c1. The first kappa shape index (κ1) is 15.9. The van der Waals surface area contributed by atoms with E-state index < -0.39 is 0 Å². The van der Waals surface area contributed by atoms with Crippen molar-refractivity contribution in [1.82, 2.24) is 10.2 Å². The molecule has 0 bridgehead atoms. The smallest absolute Gasteiger partial charge is 0.173 e. The number of aryl methyl sites for hydroxylation is 1. The minimum atomic E-state index is 0.113. The van der Waals surface area contributed by atoms with E-state index in [1.165, 1.54) is 0 Å². The molecule has 3 aromatic rings. The fourth-order valence-corrected chi connectivity index (χ4v) is 2.38. The highest BCUT2D eigenvalue weighted by Crippen LogP contribution is 2.38. The van der Waals surface area contributed by atoms with Crippen LogP contribution in [0.4, 0.5) is 0 Å². The van der Waals surface area contributed by atoms with Crippen LogP contribution in [0.25, 0.3) is 11.3 Å². The maximum Gasteiger partial charge on any atom is 0.173 e. The summed E-state index contributed by atoms with van der Waals surface area (Å²) in [5.74, 6) is 2.03. The quantitative estimate of drug-likeness (QED) is 0.691. The Morgan fingerprint density at radius 2 is 2.00 bits per heavy atom. The third-order valence-corrected chi connectivity index (χ3v) is 3.53. The largest absolute Gasteiger partial charge is 0.507 e. The number of H-pyrrole nitrogens is 1. The molecule has 124 valence electrons. The van der Waals surface area contributed by atoms with E-state index in [1.54, 1.807) is 18.3 Å². The van der Waals surface area contributed by atoms with Gasteiger partial charge in [0.15, 0.2) is 5.75 Å². The molecule has 1 aromatic heterocycles. The highest BCUT2D eigenvalue weighted by Gasteiger charge is 2.14. The molecular weight excluding hydrogens is 304 g/mol. The fourth-order valence-electron chi connectivity index (χ4n) is 2.38. The molecular formula is C19H20N2O3. The summed E-state index contributed by atoms with van der Waals surface area (Å²) in [5, 5.41) is 17.2. The first-order valence-corrected chi connectivity index (χ1v) is 7.91. The van der Waals surface area contributed by atoms with Gasteiger partial charge in [-0.05, 0) is 43.2 Å². The zero-order valence-electron chi connectivity index (χ0n) is 13.7. The van der Waals surface area contributed by atoms with Crippen molar-refractivity contribution in [3.05, 3.63) is 54.2 Å². The van der Waals surface area contributed by atoms with Crippen LogP contribution in [0.2, 0.25) is 0 Å². The Kier molecular flexibility index (Phi) is 4.70. The fraction of sp³-hybridized carbons (Fsp3) is 0.211. The lowest BCUT2D eigenvalue weighted by Crippen LogP contribution is -1.95. The van der Waals surface area contributed by atoms with Gasteiger partial charge in [-0.2, -0.15) is 5.10 Å². The van der Waals surface area contributed by atoms with E-state index in [0.29, 0.717) is 29.4 Å². The lowest BCUT2D eigenvalue weighted by Gasteiger charge is -2.10. The first-order valence-electron chi connectivity index (χ1n) is 7.91. The highest BCUT2D eigenvalue weighted by molar-refractivity contribution is 5.73. The average Bonchev–Trinajstić information content (AvgIpc) is 3.01. The molecule has 0 aliphatic heterocycles. The van der Waals surface area contributed by atoms with Gasteiger partial charge in [-0.15, -0.1) is 0 Å². The van der Waals surface area contributed by atoms with Crippen LogP contribution in [-0.2, 0) is 0 Å². The zero-order chi connectivity index (χ0) is 16.9. The van der Waals surface area contributed by atoms with Gasteiger partial charge in [-0.3, -0.25) is 5.10 Å². The second-order valence-electron chi connectivity index (χ2n) is 5.56. The summed E-state index contributed by atoms with van der Waals surface area (Å²) in [7, 11) is 0. The lowest BCUT2D eigenvalue weighted by atomic mass is 10.1. The molecule has 2 N–H and O–H groups in total. The number of ether oxygens (including phenoxy) is 2. The monoisotopic (exact) mass is 324 g/mol. The third kappa shape index (κ3) is 3.51. The normalized spacial score (nSPS) is 10.6. The van der Waals surface area contributed by atoms with Crippen molar-refractivity contribution in [2.24, 2.45) is 0 Å². The van der Waals surface area contributed by atoms with Crippen LogP contribution in [0.3, 0.4) is 0 Å². The van der Waals surface area contributed by atoms with Gasteiger partial charge in [0.1, 0.15) is 22.9 Å². The van der Waals surface area contributed by atoms with Gasteiger partial charge >= 0.3 is 0 Å². The Hall–Kier alpha value is -2.95. The number of hydrogen-bond acceptors (Lipinski definition) is 4. The third-order valence-electron chi connectivity index (χ3n) is 3.53. The number of aromatic amines is 1. The average molecular weight is 324 g/mol. The van der Waals surface area contributed by atoms with Gasteiger partial charge in [0.25, 0.3) is 0 Å². The van der Waals surface area contributed by atoms with Crippen molar-refractivity contribution in [2.75, 3.05) is 6.61 Å². The molecule has 0 unspecified atom stereocenters. The second-order valence-corrected chi connectivity index (χ2v) is 5.56. The Balaban J connectivity index is 1.87. The topological polar surface area (TPSA) is 67.4 Å². The Bertz CT molecular complexity index is 827. The molecule has 5 nitrogen and oxygen atoms in total. The minimum absolute atomic E-state index is 0.113. The standard InChI is InChI=1S/C19H20N2O3/c1-3-9-23-14-7-8-16(17(22)11-14)19-18(12-20-21-19)24-15-6-4-5-13(2)10-15/h4-8,10-12,22H,3,9H2,1-2H3,(H,20,21). The van der Waals surface area contributed by atoms with Gasteiger partial charge in [0, 0.05) is 11.6 Å². The summed E-state index contributed by atoms with van der Waals surface area (Å²) >= 11 is 0. The number of nitrogens with zero attached hydrogens (tertiary/aromatic N) is 1. The minimum Gasteiger partial charge on any atom is -0.507 e. The maximum absolute atomic E-state index is 10.3.